The molecular weight excluding hydrogens is 650 g/mol. The summed E-state index contributed by atoms with van der Waals surface area (Å²) in [4.78, 5) is 12.8. The van der Waals surface area contributed by atoms with E-state index in [0.29, 0.717) is 13.2 Å². The van der Waals surface area contributed by atoms with Crippen molar-refractivity contribution in [1.82, 2.24) is 13.6 Å². The lowest BCUT2D eigenvalue weighted by atomic mass is 10.1. The molecule has 1 N–H and O–H groups in total. The predicted octanol–water partition coefficient (Wildman–Crippen LogP) is 5.39. The number of amides is 1. The summed E-state index contributed by atoms with van der Waals surface area (Å²) in [7, 11) is -8.30. The molecule has 0 radical (unpaired) electrons. The number of morpholine rings is 1. The molecule has 1 aromatic heterocycles. The predicted molar refractivity (Wildman–Crippen MR) is 178 cm³/mol. The van der Waals surface area contributed by atoms with Crippen molar-refractivity contribution in [2.75, 3.05) is 32.9 Å². The molecular formula is C33H38ClN3O7S2. The number of nitrogens with zero attached hydrogens (tertiary/aromatic N) is 2. The quantitative estimate of drug-likeness (QED) is 0.210. The molecule has 1 aliphatic rings. The van der Waals surface area contributed by atoms with Crippen molar-refractivity contribution in [1.29, 1.82) is 0 Å². The van der Waals surface area contributed by atoms with Crippen LogP contribution in [0.4, 0.5) is 0 Å². The number of aryl methyl sites for hydroxylation is 4. The van der Waals surface area contributed by atoms with Crippen LogP contribution in [0, 0.1) is 20.8 Å². The molecule has 2 heterocycles. The first-order valence-electron chi connectivity index (χ1n) is 15.1. The molecule has 13 heteroatoms. The second-order valence-electron chi connectivity index (χ2n) is 11.3. The van der Waals surface area contributed by atoms with E-state index in [1.807, 2.05) is 45.9 Å². The molecule has 1 aliphatic heterocycles. The van der Waals surface area contributed by atoms with Crippen LogP contribution < -0.4 is 9.46 Å². The van der Waals surface area contributed by atoms with Gasteiger partial charge < -0.3 is 14.0 Å². The normalized spacial score (nSPS) is 14.5. The van der Waals surface area contributed by atoms with Crippen molar-refractivity contribution >= 4 is 48.5 Å². The van der Waals surface area contributed by atoms with E-state index >= 15 is 0 Å². The lowest BCUT2D eigenvalue weighted by Gasteiger charge is -2.26. The van der Waals surface area contributed by atoms with Gasteiger partial charge in [-0.25, -0.2) is 21.6 Å². The lowest BCUT2D eigenvalue weighted by molar-refractivity contribution is 0.0730. The number of rotatable bonds is 11. The fourth-order valence-electron chi connectivity index (χ4n) is 5.81. The van der Waals surface area contributed by atoms with E-state index in [1.54, 1.807) is 12.1 Å². The highest BCUT2D eigenvalue weighted by Gasteiger charge is 2.28. The smallest absolute Gasteiger partial charge is 0.265 e. The Bertz CT molecular complexity index is 1980. The summed E-state index contributed by atoms with van der Waals surface area (Å²) in [5.41, 5.74) is 5.19. The number of fused-ring (bicyclic) bond motifs is 1. The second-order valence-corrected chi connectivity index (χ2v) is 15.3. The Morgan fingerprint density at radius 1 is 0.957 bits per heavy atom. The highest BCUT2D eigenvalue weighted by Crippen LogP contribution is 2.29. The van der Waals surface area contributed by atoms with E-state index in [9.17, 15) is 21.6 Å². The summed E-state index contributed by atoms with van der Waals surface area (Å²) in [6, 6.07) is 14.0. The zero-order valence-corrected chi connectivity index (χ0v) is 28.7. The fraction of sp³-hybridized carbons (Fsp3) is 0.364. The molecule has 4 aromatic rings. The maximum Gasteiger partial charge on any atom is 0.265 e. The summed E-state index contributed by atoms with van der Waals surface area (Å²) in [6.45, 7) is 10.1. The zero-order chi connectivity index (χ0) is 33.2. The largest absolute Gasteiger partial charge is 0.494 e. The Morgan fingerprint density at radius 3 is 2.30 bits per heavy atom. The van der Waals surface area contributed by atoms with E-state index in [-0.39, 0.29) is 41.7 Å². The van der Waals surface area contributed by atoms with Gasteiger partial charge in [0.1, 0.15) is 5.75 Å². The molecule has 1 saturated heterocycles. The van der Waals surface area contributed by atoms with Gasteiger partial charge in [0.15, 0.2) is 0 Å². The molecule has 46 heavy (non-hydrogen) atoms. The van der Waals surface area contributed by atoms with Crippen LogP contribution in [0.2, 0.25) is 5.02 Å². The van der Waals surface area contributed by atoms with Crippen LogP contribution in [0.5, 0.6) is 5.75 Å². The number of carbonyl (C=O) groups excluding carboxylic acids is 1. The molecule has 0 aliphatic carbocycles. The standard InChI is InChI=1S/C33H38ClN3O7S2/c1-5-29-24(4)37(12-7-15-44-26-18-22(2)32(34)23(3)19-26)31-11-10-25(20-30(29)31)33(38)35-45(39,40)27-8-6-9-28(21-27)46(41,42)36-13-16-43-17-14-36/h6,8-11,18-21H,5,7,12-17H2,1-4H3,(H,35,38). The Balaban J connectivity index is 1.31. The van der Waals surface area contributed by atoms with Gasteiger partial charge in [-0.15, -0.1) is 0 Å². The third-order valence-corrected chi connectivity index (χ3v) is 12.0. The van der Waals surface area contributed by atoms with E-state index < -0.39 is 26.0 Å². The summed E-state index contributed by atoms with van der Waals surface area (Å²) < 4.78 is 69.4. The average Bonchev–Trinajstić information content (AvgIpc) is 3.31. The van der Waals surface area contributed by atoms with Crippen LogP contribution in [-0.2, 0) is 37.7 Å². The van der Waals surface area contributed by atoms with E-state index in [0.717, 1.165) is 63.0 Å². The van der Waals surface area contributed by atoms with Crippen LogP contribution in [0.3, 0.4) is 0 Å². The van der Waals surface area contributed by atoms with E-state index in [2.05, 4.69) is 9.29 Å². The topological polar surface area (TPSA) is 124 Å². The number of carbonyl (C=O) groups is 1. The fourth-order valence-corrected chi connectivity index (χ4v) is 8.46. The molecule has 5 rings (SSSR count). The Labute approximate surface area is 275 Å². The minimum atomic E-state index is -4.37. The van der Waals surface area contributed by atoms with Crippen LogP contribution in [0.1, 0.15) is 46.1 Å². The van der Waals surface area contributed by atoms with Crippen molar-refractivity contribution < 1.29 is 31.1 Å². The molecule has 10 nitrogen and oxygen atoms in total. The van der Waals surface area contributed by atoms with Crippen molar-refractivity contribution in [2.24, 2.45) is 0 Å². The van der Waals surface area contributed by atoms with Gasteiger partial charge in [-0.3, -0.25) is 4.79 Å². The van der Waals surface area contributed by atoms with Crippen molar-refractivity contribution in [3.05, 3.63) is 87.6 Å². The number of benzene rings is 3. The molecule has 0 spiro atoms. The third kappa shape index (κ3) is 6.96. The number of sulfonamides is 2. The Morgan fingerprint density at radius 2 is 1.63 bits per heavy atom. The number of hydrogen-bond acceptors (Lipinski definition) is 7. The highest BCUT2D eigenvalue weighted by molar-refractivity contribution is 7.90. The minimum absolute atomic E-state index is 0.167. The van der Waals surface area contributed by atoms with Crippen LogP contribution in [0.15, 0.2) is 64.4 Å². The molecule has 0 saturated carbocycles. The number of hydrogen-bond donors (Lipinski definition) is 1. The number of nitrogens with one attached hydrogen (secondary N) is 1. The van der Waals surface area contributed by atoms with Crippen LogP contribution in [0.25, 0.3) is 10.9 Å². The Hall–Kier alpha value is -3.42. The molecule has 1 amide bonds. The maximum atomic E-state index is 13.3. The van der Waals surface area contributed by atoms with Gasteiger partial charge in [0, 0.05) is 46.8 Å². The minimum Gasteiger partial charge on any atom is -0.494 e. The molecule has 246 valence electrons. The summed E-state index contributed by atoms with van der Waals surface area (Å²) in [6.07, 6.45) is 1.47. The van der Waals surface area contributed by atoms with Crippen molar-refractivity contribution in [3.8, 4) is 5.75 Å². The first-order chi connectivity index (χ1) is 21.8. The molecule has 1 fully saturated rings. The Kier molecular flexibility index (Phi) is 10.1. The summed E-state index contributed by atoms with van der Waals surface area (Å²) in [5.74, 6) is -0.0310. The second kappa shape index (κ2) is 13.7. The third-order valence-electron chi connectivity index (χ3n) is 8.23. The number of halogens is 1. The summed E-state index contributed by atoms with van der Waals surface area (Å²) in [5, 5.41) is 1.61. The number of ether oxygens (including phenoxy) is 2. The van der Waals surface area contributed by atoms with Gasteiger partial charge >= 0.3 is 0 Å². The van der Waals surface area contributed by atoms with Gasteiger partial charge in [0.25, 0.3) is 15.9 Å². The van der Waals surface area contributed by atoms with Gasteiger partial charge in [-0.2, -0.15) is 4.31 Å². The lowest BCUT2D eigenvalue weighted by Crippen LogP contribution is -2.40. The van der Waals surface area contributed by atoms with Crippen molar-refractivity contribution in [3.63, 3.8) is 0 Å². The maximum absolute atomic E-state index is 13.3. The first kappa shape index (κ1) is 33.9. The zero-order valence-electron chi connectivity index (χ0n) is 26.3. The van der Waals surface area contributed by atoms with Crippen molar-refractivity contribution in [2.45, 2.75) is 56.9 Å². The monoisotopic (exact) mass is 687 g/mol. The number of aromatic nitrogens is 1. The van der Waals surface area contributed by atoms with Crippen LogP contribution in [-0.4, -0.2) is 64.5 Å². The molecule has 0 unspecified atom stereocenters. The van der Waals surface area contributed by atoms with Gasteiger partial charge in [-0.05, 0) is 98.8 Å². The SMILES string of the molecule is CCc1c(C)n(CCCOc2cc(C)c(Cl)c(C)c2)c2ccc(C(=O)NS(=O)(=O)c3cccc(S(=O)(=O)N4CCOCC4)c3)cc12. The van der Waals surface area contributed by atoms with E-state index in [4.69, 9.17) is 21.1 Å². The first-order valence-corrected chi connectivity index (χ1v) is 18.4. The van der Waals surface area contributed by atoms with Crippen LogP contribution >= 0.6 is 11.6 Å². The van der Waals surface area contributed by atoms with Gasteiger partial charge in [0.2, 0.25) is 10.0 Å². The van der Waals surface area contributed by atoms with E-state index in [1.165, 1.54) is 22.5 Å². The van der Waals surface area contributed by atoms with Gasteiger partial charge in [0.05, 0.1) is 29.6 Å². The summed E-state index contributed by atoms with van der Waals surface area (Å²) >= 11 is 6.28. The molecule has 3 aromatic carbocycles. The van der Waals surface area contributed by atoms with Gasteiger partial charge in [-0.1, -0.05) is 24.6 Å². The highest BCUT2D eigenvalue weighted by atomic mass is 35.5. The molecule has 0 atom stereocenters. The average molecular weight is 688 g/mol. The molecule has 0 bridgehead atoms.